The fourth-order valence-corrected chi connectivity index (χ4v) is 3.67. The molecule has 1 N–H and O–H groups in total. The highest BCUT2D eigenvalue weighted by Gasteiger charge is 2.32. The zero-order valence-electron chi connectivity index (χ0n) is 15.4. The van der Waals surface area contributed by atoms with Gasteiger partial charge < -0.3 is 19.0 Å². The predicted molar refractivity (Wildman–Crippen MR) is 97.1 cm³/mol. The second kappa shape index (κ2) is 7.56. The van der Waals surface area contributed by atoms with E-state index in [1.54, 1.807) is 11.0 Å². The van der Waals surface area contributed by atoms with E-state index in [1.807, 2.05) is 24.0 Å². The average Bonchev–Trinajstić information content (AvgIpc) is 3.42. The van der Waals surface area contributed by atoms with Crippen LogP contribution in [0.4, 0.5) is 0 Å². The maximum Gasteiger partial charge on any atom is 0.274 e. The fourth-order valence-electron chi connectivity index (χ4n) is 3.67. The molecule has 2 aliphatic heterocycles. The van der Waals surface area contributed by atoms with E-state index in [9.17, 15) is 9.59 Å². The molecule has 2 aliphatic rings. The molecule has 2 aromatic rings. The van der Waals surface area contributed by atoms with Crippen LogP contribution in [-0.2, 0) is 9.53 Å². The molecule has 2 aromatic heterocycles. The SMILES string of the molecule is Cc1ccc(-c2cc(C(=O)N3CCOC[C@H]3CC(=O)N3CCCC3)n[nH]2)o1. The van der Waals surface area contributed by atoms with Gasteiger partial charge in [-0.15, -0.1) is 0 Å². The zero-order chi connectivity index (χ0) is 18.8. The molecule has 0 unspecified atom stereocenters. The van der Waals surface area contributed by atoms with Gasteiger partial charge in [-0.2, -0.15) is 5.10 Å². The van der Waals surface area contributed by atoms with Crippen molar-refractivity contribution in [3.8, 4) is 11.5 Å². The van der Waals surface area contributed by atoms with Gasteiger partial charge in [-0.25, -0.2) is 0 Å². The highest BCUT2D eigenvalue weighted by atomic mass is 16.5. The topological polar surface area (TPSA) is 91.7 Å². The number of nitrogens with zero attached hydrogens (tertiary/aromatic N) is 3. The lowest BCUT2D eigenvalue weighted by Crippen LogP contribution is -2.50. The molecule has 0 saturated carbocycles. The van der Waals surface area contributed by atoms with E-state index in [0.29, 0.717) is 43.3 Å². The Labute approximate surface area is 157 Å². The van der Waals surface area contributed by atoms with E-state index in [2.05, 4.69) is 10.2 Å². The first-order chi connectivity index (χ1) is 13.1. The summed E-state index contributed by atoms with van der Waals surface area (Å²) in [5, 5.41) is 7.01. The lowest BCUT2D eigenvalue weighted by atomic mass is 10.1. The third kappa shape index (κ3) is 3.75. The standard InChI is InChI=1S/C19H24N4O4/c1-13-4-5-17(27-13)15-11-16(21-20-15)19(25)23-8-9-26-12-14(23)10-18(24)22-6-2-3-7-22/h4-5,11,14H,2-3,6-10,12H2,1H3,(H,20,21)/t14-/m1/s1. The van der Waals surface area contributed by atoms with Gasteiger partial charge in [0.15, 0.2) is 11.5 Å². The average molecular weight is 372 g/mol. The Kier molecular flexibility index (Phi) is 4.98. The number of aromatic nitrogens is 2. The number of hydrogen-bond donors (Lipinski definition) is 1. The van der Waals surface area contributed by atoms with E-state index in [-0.39, 0.29) is 17.9 Å². The largest absolute Gasteiger partial charge is 0.460 e. The van der Waals surface area contributed by atoms with Crippen LogP contribution >= 0.6 is 0 Å². The molecule has 0 spiro atoms. The van der Waals surface area contributed by atoms with Crippen LogP contribution in [0, 0.1) is 6.92 Å². The molecule has 8 heteroatoms. The van der Waals surface area contributed by atoms with Gasteiger partial charge in [0, 0.05) is 32.1 Å². The van der Waals surface area contributed by atoms with Crippen LogP contribution in [0.2, 0.25) is 0 Å². The molecular weight excluding hydrogens is 348 g/mol. The summed E-state index contributed by atoms with van der Waals surface area (Å²) in [6.07, 6.45) is 2.40. The number of aryl methyl sites for hydroxylation is 1. The van der Waals surface area contributed by atoms with Gasteiger partial charge in [0.2, 0.25) is 5.91 Å². The van der Waals surface area contributed by atoms with Crippen molar-refractivity contribution >= 4 is 11.8 Å². The van der Waals surface area contributed by atoms with Gasteiger partial charge in [-0.3, -0.25) is 14.7 Å². The Bertz CT molecular complexity index is 821. The number of nitrogens with one attached hydrogen (secondary N) is 1. The molecule has 1 atom stereocenters. The van der Waals surface area contributed by atoms with Crippen LogP contribution in [-0.4, -0.2) is 70.7 Å². The highest BCUT2D eigenvalue weighted by molar-refractivity contribution is 5.94. The number of carbonyl (C=O) groups is 2. The maximum atomic E-state index is 13.0. The first-order valence-electron chi connectivity index (χ1n) is 9.40. The Morgan fingerprint density at radius 2 is 2.07 bits per heavy atom. The van der Waals surface area contributed by atoms with E-state index in [4.69, 9.17) is 9.15 Å². The number of H-pyrrole nitrogens is 1. The number of furan rings is 1. The zero-order valence-corrected chi connectivity index (χ0v) is 15.4. The van der Waals surface area contributed by atoms with Crippen molar-refractivity contribution in [2.75, 3.05) is 32.8 Å². The van der Waals surface area contributed by atoms with Crippen molar-refractivity contribution in [1.82, 2.24) is 20.0 Å². The van der Waals surface area contributed by atoms with E-state index < -0.39 is 0 Å². The molecule has 144 valence electrons. The molecule has 4 rings (SSSR count). The molecule has 0 aliphatic carbocycles. The van der Waals surface area contributed by atoms with Gasteiger partial charge in [-0.1, -0.05) is 0 Å². The molecule has 0 aromatic carbocycles. The minimum atomic E-state index is -0.259. The number of likely N-dealkylation sites (tertiary alicyclic amines) is 1. The third-order valence-electron chi connectivity index (χ3n) is 5.16. The van der Waals surface area contributed by atoms with Crippen LogP contribution in [0.15, 0.2) is 22.6 Å². The van der Waals surface area contributed by atoms with E-state index in [0.717, 1.165) is 31.7 Å². The molecule has 2 amide bonds. The number of amides is 2. The van der Waals surface area contributed by atoms with Gasteiger partial charge in [0.05, 0.1) is 19.3 Å². The highest BCUT2D eigenvalue weighted by Crippen LogP contribution is 2.22. The molecule has 0 bridgehead atoms. The monoisotopic (exact) mass is 372 g/mol. The van der Waals surface area contributed by atoms with Crippen LogP contribution in [0.5, 0.6) is 0 Å². The number of morpholine rings is 1. The minimum absolute atomic E-state index is 0.0922. The lowest BCUT2D eigenvalue weighted by molar-refractivity contribution is -0.132. The smallest absolute Gasteiger partial charge is 0.274 e. The summed E-state index contributed by atoms with van der Waals surface area (Å²) in [7, 11) is 0. The van der Waals surface area contributed by atoms with Crippen molar-refractivity contribution in [3.63, 3.8) is 0 Å². The maximum absolute atomic E-state index is 13.0. The number of carbonyl (C=O) groups excluding carboxylic acids is 2. The fraction of sp³-hybridized carbons (Fsp3) is 0.526. The summed E-state index contributed by atoms with van der Waals surface area (Å²) in [5.74, 6) is 1.33. The summed E-state index contributed by atoms with van der Waals surface area (Å²) in [6, 6.07) is 5.13. The molecule has 0 radical (unpaired) electrons. The summed E-state index contributed by atoms with van der Waals surface area (Å²) < 4.78 is 11.1. The molecule has 27 heavy (non-hydrogen) atoms. The number of rotatable bonds is 4. The summed E-state index contributed by atoms with van der Waals surface area (Å²) in [5.41, 5.74) is 0.976. The van der Waals surface area contributed by atoms with Crippen molar-refractivity contribution in [1.29, 1.82) is 0 Å². The van der Waals surface area contributed by atoms with Crippen molar-refractivity contribution < 1.29 is 18.7 Å². The Balaban J connectivity index is 1.47. The van der Waals surface area contributed by atoms with Crippen LogP contribution in [0.25, 0.3) is 11.5 Å². The van der Waals surface area contributed by atoms with E-state index in [1.165, 1.54) is 0 Å². The Hall–Kier alpha value is -2.61. The van der Waals surface area contributed by atoms with Gasteiger partial charge in [-0.05, 0) is 31.9 Å². The number of ether oxygens (including phenoxy) is 1. The lowest BCUT2D eigenvalue weighted by Gasteiger charge is -2.35. The number of aromatic amines is 1. The minimum Gasteiger partial charge on any atom is -0.460 e. The molecular formula is C19H24N4O4. The Morgan fingerprint density at radius 1 is 1.26 bits per heavy atom. The first-order valence-corrected chi connectivity index (χ1v) is 9.40. The van der Waals surface area contributed by atoms with Crippen molar-refractivity contribution in [3.05, 3.63) is 29.7 Å². The molecule has 2 saturated heterocycles. The number of hydrogen-bond acceptors (Lipinski definition) is 5. The quantitative estimate of drug-likeness (QED) is 0.884. The van der Waals surface area contributed by atoms with E-state index >= 15 is 0 Å². The molecule has 4 heterocycles. The summed E-state index contributed by atoms with van der Waals surface area (Å²) in [4.78, 5) is 29.1. The summed E-state index contributed by atoms with van der Waals surface area (Å²) in [6.45, 7) is 4.78. The second-order valence-corrected chi connectivity index (χ2v) is 7.10. The summed E-state index contributed by atoms with van der Waals surface area (Å²) >= 11 is 0. The van der Waals surface area contributed by atoms with Gasteiger partial charge >= 0.3 is 0 Å². The molecule has 2 fully saturated rings. The van der Waals surface area contributed by atoms with Crippen LogP contribution < -0.4 is 0 Å². The molecule has 8 nitrogen and oxygen atoms in total. The second-order valence-electron chi connectivity index (χ2n) is 7.10. The Morgan fingerprint density at radius 3 is 2.81 bits per heavy atom. The normalized spacial score (nSPS) is 20.3. The van der Waals surface area contributed by atoms with Crippen LogP contribution in [0.1, 0.15) is 35.5 Å². The van der Waals surface area contributed by atoms with Gasteiger partial charge in [0.25, 0.3) is 5.91 Å². The van der Waals surface area contributed by atoms with Crippen LogP contribution in [0.3, 0.4) is 0 Å². The van der Waals surface area contributed by atoms with Gasteiger partial charge in [0.1, 0.15) is 11.5 Å². The predicted octanol–water partition coefficient (Wildman–Crippen LogP) is 1.83. The first kappa shape index (κ1) is 17.8. The van der Waals surface area contributed by atoms with Crippen molar-refractivity contribution in [2.45, 2.75) is 32.2 Å². The third-order valence-corrected chi connectivity index (χ3v) is 5.16. The van der Waals surface area contributed by atoms with Crippen molar-refractivity contribution in [2.24, 2.45) is 0 Å².